The van der Waals surface area contributed by atoms with Crippen molar-refractivity contribution in [1.29, 1.82) is 0 Å². The van der Waals surface area contributed by atoms with E-state index in [4.69, 9.17) is 9.84 Å². The van der Waals surface area contributed by atoms with E-state index >= 15 is 0 Å². The van der Waals surface area contributed by atoms with Crippen molar-refractivity contribution >= 4 is 22.3 Å². The van der Waals surface area contributed by atoms with Crippen LogP contribution in [0.5, 0.6) is 5.75 Å². The van der Waals surface area contributed by atoms with Crippen molar-refractivity contribution in [3.05, 3.63) is 29.3 Å². The number of carbonyl (C=O) groups is 1. The predicted octanol–water partition coefficient (Wildman–Crippen LogP) is 1.56. The van der Waals surface area contributed by atoms with Gasteiger partial charge >= 0.3 is 5.97 Å². The van der Waals surface area contributed by atoms with Gasteiger partial charge in [-0.15, -0.1) is 15.3 Å². The van der Waals surface area contributed by atoms with Crippen LogP contribution in [-0.2, 0) is 0 Å². The molecule has 2 heterocycles. The number of hydrogen-bond donors (Lipinski definition) is 1. The highest BCUT2D eigenvalue weighted by Gasteiger charge is 2.17. The molecule has 0 aliphatic carbocycles. The summed E-state index contributed by atoms with van der Waals surface area (Å²) in [6.07, 6.45) is 0. The Morgan fingerprint density at radius 1 is 1.42 bits per heavy atom. The molecule has 0 aliphatic rings. The lowest BCUT2D eigenvalue weighted by atomic mass is 10.2. The summed E-state index contributed by atoms with van der Waals surface area (Å²) in [6, 6.07) is 7.25. The summed E-state index contributed by atoms with van der Waals surface area (Å²) in [5.41, 5.74) is 0.758. The smallest absolute Gasteiger partial charge is 0.367 e. The molecule has 7 nitrogen and oxygen atoms in total. The molecule has 96 valence electrons. The maximum atomic E-state index is 10.9. The Morgan fingerprint density at radius 2 is 2.26 bits per heavy atom. The molecule has 2 aromatic heterocycles. The van der Waals surface area contributed by atoms with Crippen molar-refractivity contribution in [1.82, 2.24) is 19.8 Å². The van der Waals surface area contributed by atoms with Crippen LogP contribution in [-0.4, -0.2) is 38.0 Å². The van der Waals surface area contributed by atoms with E-state index in [0.29, 0.717) is 16.5 Å². The molecule has 0 bridgehead atoms. The van der Waals surface area contributed by atoms with E-state index < -0.39 is 5.97 Å². The second-order valence-corrected chi connectivity index (χ2v) is 4.62. The van der Waals surface area contributed by atoms with Gasteiger partial charge in [-0.1, -0.05) is 23.5 Å². The fourth-order valence-corrected chi connectivity index (χ4v) is 2.32. The second-order valence-electron chi connectivity index (χ2n) is 3.66. The Morgan fingerprint density at radius 3 is 3.00 bits per heavy atom. The highest BCUT2D eigenvalue weighted by atomic mass is 32.1. The summed E-state index contributed by atoms with van der Waals surface area (Å²) in [5.74, 6) is 0.0904. The molecule has 0 amide bonds. The molecular formula is C11H8N4O3S. The summed E-state index contributed by atoms with van der Waals surface area (Å²) < 4.78 is 6.56. The molecule has 0 unspecified atom stereocenters. The third-order valence-electron chi connectivity index (χ3n) is 2.50. The number of aromatic carboxylic acids is 1. The topological polar surface area (TPSA) is 89.6 Å². The number of aromatic nitrogens is 4. The van der Waals surface area contributed by atoms with E-state index in [1.165, 1.54) is 4.52 Å². The molecule has 3 rings (SSSR count). The fraction of sp³-hybridized carbons (Fsp3) is 0.0909. The maximum absolute atomic E-state index is 10.9. The minimum absolute atomic E-state index is 0.0194. The van der Waals surface area contributed by atoms with Gasteiger partial charge in [-0.05, 0) is 12.1 Å². The van der Waals surface area contributed by atoms with Crippen LogP contribution in [0.2, 0.25) is 0 Å². The van der Waals surface area contributed by atoms with E-state index in [1.54, 1.807) is 13.2 Å². The predicted molar refractivity (Wildman–Crippen MR) is 67.6 cm³/mol. The van der Waals surface area contributed by atoms with Gasteiger partial charge in [0.1, 0.15) is 5.75 Å². The standard InChI is InChI=1S/C11H8N4O3S/c1-18-7-4-2-3-6(5-7)8-12-13-11-15(8)14-9(19-11)10(16)17/h2-5H,1H3,(H,16,17). The van der Waals surface area contributed by atoms with Crippen molar-refractivity contribution in [2.24, 2.45) is 0 Å². The van der Waals surface area contributed by atoms with Gasteiger partial charge in [0.2, 0.25) is 9.97 Å². The quantitative estimate of drug-likeness (QED) is 0.780. The lowest BCUT2D eigenvalue weighted by Gasteiger charge is -2.01. The van der Waals surface area contributed by atoms with E-state index in [1.807, 2.05) is 18.2 Å². The van der Waals surface area contributed by atoms with Crippen LogP contribution < -0.4 is 4.74 Å². The number of methoxy groups -OCH3 is 1. The number of nitrogens with zero attached hydrogens (tertiary/aromatic N) is 4. The van der Waals surface area contributed by atoms with Crippen molar-refractivity contribution in [3.8, 4) is 17.1 Å². The fourth-order valence-electron chi connectivity index (χ4n) is 1.65. The number of rotatable bonds is 3. The highest BCUT2D eigenvalue weighted by Crippen LogP contribution is 2.24. The van der Waals surface area contributed by atoms with Crippen molar-refractivity contribution in [2.45, 2.75) is 0 Å². The van der Waals surface area contributed by atoms with Gasteiger partial charge in [0, 0.05) is 5.56 Å². The Kier molecular flexibility index (Phi) is 2.64. The monoisotopic (exact) mass is 276 g/mol. The van der Waals surface area contributed by atoms with Gasteiger partial charge in [0.25, 0.3) is 0 Å². The molecule has 3 aromatic rings. The maximum Gasteiger partial charge on any atom is 0.367 e. The zero-order valence-electron chi connectivity index (χ0n) is 9.77. The highest BCUT2D eigenvalue weighted by molar-refractivity contribution is 7.18. The summed E-state index contributed by atoms with van der Waals surface area (Å²) in [7, 11) is 1.57. The van der Waals surface area contributed by atoms with Crippen LogP contribution in [0, 0.1) is 0 Å². The van der Waals surface area contributed by atoms with Gasteiger partial charge in [0.05, 0.1) is 7.11 Å². The molecule has 1 aromatic carbocycles. The molecule has 0 spiro atoms. The van der Waals surface area contributed by atoms with Crippen LogP contribution >= 0.6 is 11.3 Å². The Bertz CT molecular complexity index is 764. The number of carboxylic acids is 1. The molecule has 1 N–H and O–H groups in total. The van der Waals surface area contributed by atoms with Crippen molar-refractivity contribution in [2.75, 3.05) is 7.11 Å². The van der Waals surface area contributed by atoms with E-state index in [9.17, 15) is 4.79 Å². The first kappa shape index (κ1) is 11.6. The van der Waals surface area contributed by atoms with Gasteiger partial charge in [-0.3, -0.25) is 0 Å². The lowest BCUT2D eigenvalue weighted by molar-refractivity contribution is 0.0695. The summed E-state index contributed by atoms with van der Waals surface area (Å²) in [5, 5.41) is 20.8. The summed E-state index contributed by atoms with van der Waals surface area (Å²) >= 11 is 0.978. The first-order chi connectivity index (χ1) is 9.19. The number of hydrogen-bond acceptors (Lipinski definition) is 6. The SMILES string of the molecule is COc1cccc(-c2nnc3sc(C(=O)O)nn23)c1. The molecule has 0 radical (unpaired) electrons. The zero-order chi connectivity index (χ0) is 13.4. The lowest BCUT2D eigenvalue weighted by Crippen LogP contribution is -1.98. The molecule has 0 atom stereocenters. The zero-order valence-corrected chi connectivity index (χ0v) is 10.6. The average molecular weight is 276 g/mol. The van der Waals surface area contributed by atoms with Crippen LogP contribution in [0.1, 0.15) is 9.80 Å². The molecule has 0 fully saturated rings. The number of carboxylic acid groups (broad SMARTS) is 1. The third-order valence-corrected chi connectivity index (χ3v) is 3.39. The number of ether oxygens (including phenoxy) is 1. The Balaban J connectivity index is 2.16. The van der Waals surface area contributed by atoms with Crippen LogP contribution in [0.25, 0.3) is 16.3 Å². The van der Waals surface area contributed by atoms with Gasteiger partial charge in [-0.2, -0.15) is 4.52 Å². The molecular weight excluding hydrogens is 268 g/mol. The number of fused-ring (bicyclic) bond motifs is 1. The van der Waals surface area contributed by atoms with E-state index in [2.05, 4.69) is 15.3 Å². The largest absolute Gasteiger partial charge is 0.497 e. The normalized spacial score (nSPS) is 10.8. The van der Waals surface area contributed by atoms with Crippen molar-refractivity contribution < 1.29 is 14.6 Å². The number of benzene rings is 1. The Hall–Kier alpha value is -2.48. The van der Waals surface area contributed by atoms with Crippen LogP contribution in [0.3, 0.4) is 0 Å². The first-order valence-corrected chi connectivity index (χ1v) is 6.10. The Labute approximate surface area is 111 Å². The van der Waals surface area contributed by atoms with Crippen LogP contribution in [0.4, 0.5) is 0 Å². The van der Waals surface area contributed by atoms with Gasteiger partial charge in [-0.25, -0.2) is 4.79 Å². The van der Waals surface area contributed by atoms with Gasteiger partial charge < -0.3 is 9.84 Å². The van der Waals surface area contributed by atoms with E-state index in [0.717, 1.165) is 16.9 Å². The molecule has 0 saturated heterocycles. The second kappa shape index (κ2) is 4.32. The third kappa shape index (κ3) is 1.91. The van der Waals surface area contributed by atoms with Crippen LogP contribution in [0.15, 0.2) is 24.3 Å². The first-order valence-electron chi connectivity index (χ1n) is 5.29. The van der Waals surface area contributed by atoms with Gasteiger partial charge in [0.15, 0.2) is 5.82 Å². The van der Waals surface area contributed by atoms with E-state index in [-0.39, 0.29) is 5.01 Å². The minimum Gasteiger partial charge on any atom is -0.497 e. The van der Waals surface area contributed by atoms with Crippen molar-refractivity contribution in [3.63, 3.8) is 0 Å². The molecule has 19 heavy (non-hydrogen) atoms. The summed E-state index contributed by atoms with van der Waals surface area (Å²) in [6.45, 7) is 0. The molecule has 8 heteroatoms. The average Bonchev–Trinajstić information content (AvgIpc) is 2.98. The minimum atomic E-state index is -1.08. The molecule has 0 saturated carbocycles. The molecule has 0 aliphatic heterocycles. The summed E-state index contributed by atoms with van der Waals surface area (Å²) in [4.78, 5) is 11.3.